The molecule has 0 unspecified atom stereocenters. The zero-order valence-corrected chi connectivity index (χ0v) is 18.8. The minimum Gasteiger partial charge on any atom is -0.493 e. The quantitative estimate of drug-likeness (QED) is 0.552. The number of guanidine groups is 1. The van der Waals surface area contributed by atoms with Gasteiger partial charge in [-0.1, -0.05) is 0 Å². The molecule has 0 atom stereocenters. The lowest BCUT2D eigenvalue weighted by atomic mass is 9.99. The third kappa shape index (κ3) is 5.39. The Morgan fingerprint density at radius 1 is 1.28 bits per heavy atom. The molecule has 0 radical (unpaired) electrons. The number of rotatable bonds is 7. The first-order valence-corrected chi connectivity index (χ1v) is 10.7. The van der Waals surface area contributed by atoms with Gasteiger partial charge in [-0.2, -0.15) is 0 Å². The molecular formula is C21H31N5O2S. The Hall–Kier alpha value is -2.32. The zero-order valence-electron chi connectivity index (χ0n) is 18.0. The predicted molar refractivity (Wildman–Crippen MR) is 118 cm³/mol. The highest BCUT2D eigenvalue weighted by Crippen LogP contribution is 2.33. The van der Waals surface area contributed by atoms with Gasteiger partial charge < -0.3 is 19.7 Å². The van der Waals surface area contributed by atoms with Gasteiger partial charge in [0, 0.05) is 45.7 Å². The van der Waals surface area contributed by atoms with Gasteiger partial charge in [0.15, 0.2) is 17.5 Å². The van der Waals surface area contributed by atoms with Gasteiger partial charge in [-0.15, -0.1) is 11.3 Å². The Morgan fingerprint density at radius 3 is 2.62 bits per heavy atom. The average Bonchev–Trinajstić information content (AvgIpc) is 3.14. The third-order valence-corrected chi connectivity index (χ3v) is 5.97. The fraction of sp³-hybridized carbons (Fsp3) is 0.524. The number of nitrogens with one attached hydrogen (secondary N) is 1. The highest BCUT2D eigenvalue weighted by atomic mass is 32.1. The van der Waals surface area contributed by atoms with Crippen LogP contribution in [0.15, 0.2) is 22.5 Å². The van der Waals surface area contributed by atoms with Crippen LogP contribution in [0.25, 0.3) is 0 Å². The van der Waals surface area contributed by atoms with E-state index in [1.54, 1.807) is 25.6 Å². The van der Waals surface area contributed by atoms with Crippen LogP contribution in [0.1, 0.15) is 21.8 Å². The monoisotopic (exact) mass is 417 g/mol. The molecule has 1 aliphatic heterocycles. The van der Waals surface area contributed by atoms with Crippen LogP contribution in [0, 0.1) is 6.92 Å². The summed E-state index contributed by atoms with van der Waals surface area (Å²) in [5.74, 6) is 2.49. The summed E-state index contributed by atoms with van der Waals surface area (Å²) in [6.45, 7) is 6.54. The van der Waals surface area contributed by atoms with E-state index in [0.29, 0.717) is 0 Å². The van der Waals surface area contributed by atoms with Crippen LogP contribution in [0.2, 0.25) is 0 Å². The number of aryl methyl sites for hydroxylation is 1. The van der Waals surface area contributed by atoms with Crippen molar-refractivity contribution >= 4 is 17.3 Å². The third-order valence-electron chi connectivity index (χ3n) is 5.15. The number of aromatic nitrogens is 1. The molecule has 7 nitrogen and oxygen atoms in total. The minimum absolute atomic E-state index is 0.753. The second-order valence-electron chi connectivity index (χ2n) is 7.19. The molecule has 1 aliphatic rings. The van der Waals surface area contributed by atoms with Gasteiger partial charge in [0.05, 0.1) is 31.5 Å². The molecule has 3 rings (SSSR count). The van der Waals surface area contributed by atoms with Crippen molar-refractivity contribution in [3.05, 3.63) is 39.3 Å². The summed E-state index contributed by atoms with van der Waals surface area (Å²) in [5.41, 5.74) is 3.74. The molecule has 0 amide bonds. The number of nitrogens with zero attached hydrogens (tertiary/aromatic N) is 4. The van der Waals surface area contributed by atoms with Gasteiger partial charge in [-0.25, -0.2) is 4.98 Å². The van der Waals surface area contributed by atoms with Crippen molar-refractivity contribution in [3.63, 3.8) is 0 Å². The number of aliphatic imine (C=N–C) groups is 1. The molecule has 0 fully saturated rings. The second-order valence-corrected chi connectivity index (χ2v) is 8.25. The van der Waals surface area contributed by atoms with E-state index in [1.165, 1.54) is 11.1 Å². The first kappa shape index (κ1) is 21.4. The van der Waals surface area contributed by atoms with E-state index in [2.05, 4.69) is 42.6 Å². The summed E-state index contributed by atoms with van der Waals surface area (Å²) in [6, 6.07) is 4.22. The highest BCUT2D eigenvalue weighted by molar-refractivity contribution is 7.09. The van der Waals surface area contributed by atoms with Crippen molar-refractivity contribution < 1.29 is 9.47 Å². The molecule has 2 heterocycles. The van der Waals surface area contributed by atoms with Gasteiger partial charge in [-0.3, -0.25) is 9.89 Å². The molecule has 0 spiro atoms. The number of hydrogen-bond acceptors (Lipinski definition) is 6. The molecular weight excluding hydrogens is 386 g/mol. The molecule has 1 aromatic heterocycles. The van der Waals surface area contributed by atoms with Gasteiger partial charge in [0.2, 0.25) is 0 Å². The first-order valence-electron chi connectivity index (χ1n) is 9.83. The fourth-order valence-electron chi connectivity index (χ4n) is 3.64. The van der Waals surface area contributed by atoms with Gasteiger partial charge in [0.25, 0.3) is 0 Å². The minimum atomic E-state index is 0.753. The summed E-state index contributed by atoms with van der Waals surface area (Å²) in [4.78, 5) is 13.5. The van der Waals surface area contributed by atoms with Crippen LogP contribution < -0.4 is 14.8 Å². The summed E-state index contributed by atoms with van der Waals surface area (Å²) in [7, 11) is 7.23. The maximum atomic E-state index is 5.46. The molecule has 1 aromatic carbocycles. The largest absolute Gasteiger partial charge is 0.493 e. The Labute approximate surface area is 177 Å². The summed E-state index contributed by atoms with van der Waals surface area (Å²) in [5, 5.41) is 6.67. The number of benzene rings is 1. The number of ether oxygens (including phenoxy) is 2. The Morgan fingerprint density at radius 2 is 2.00 bits per heavy atom. The van der Waals surface area contributed by atoms with E-state index in [4.69, 9.17) is 9.47 Å². The molecule has 29 heavy (non-hydrogen) atoms. The second kappa shape index (κ2) is 9.93. The standard InChI is InChI=1S/C21H31N5O2S/c1-15-24-18(14-29-15)13-25(3)21(22-2)23-7-9-26-8-6-16-10-19(27-4)20(28-5)11-17(16)12-26/h10-11,14H,6-9,12-13H2,1-5H3,(H,22,23). The predicted octanol–water partition coefficient (Wildman–Crippen LogP) is 2.53. The Balaban J connectivity index is 1.51. The molecule has 0 aliphatic carbocycles. The first-order chi connectivity index (χ1) is 14.0. The topological polar surface area (TPSA) is 62.2 Å². The van der Waals surface area contributed by atoms with Crippen molar-refractivity contribution in [3.8, 4) is 11.5 Å². The number of hydrogen-bond donors (Lipinski definition) is 1. The van der Waals surface area contributed by atoms with Crippen LogP contribution in [0.3, 0.4) is 0 Å². The fourth-order valence-corrected chi connectivity index (χ4v) is 4.25. The van der Waals surface area contributed by atoms with E-state index in [0.717, 1.165) is 67.3 Å². The van der Waals surface area contributed by atoms with Crippen LogP contribution >= 0.6 is 11.3 Å². The molecule has 158 valence electrons. The van der Waals surface area contributed by atoms with E-state index in [-0.39, 0.29) is 0 Å². The van der Waals surface area contributed by atoms with E-state index >= 15 is 0 Å². The van der Waals surface area contributed by atoms with Crippen LogP contribution in [0.4, 0.5) is 0 Å². The molecule has 2 aromatic rings. The zero-order chi connectivity index (χ0) is 20.8. The van der Waals surface area contributed by atoms with Gasteiger partial charge >= 0.3 is 0 Å². The lowest BCUT2D eigenvalue weighted by Gasteiger charge is -2.30. The smallest absolute Gasteiger partial charge is 0.193 e. The molecule has 8 heteroatoms. The van der Waals surface area contributed by atoms with Crippen molar-refractivity contribution in [2.24, 2.45) is 4.99 Å². The number of methoxy groups -OCH3 is 2. The molecule has 0 saturated carbocycles. The van der Waals surface area contributed by atoms with Crippen molar-refractivity contribution in [1.29, 1.82) is 0 Å². The van der Waals surface area contributed by atoms with Crippen molar-refractivity contribution in [2.75, 3.05) is 47.9 Å². The Bertz CT molecular complexity index is 852. The SMILES string of the molecule is CN=C(NCCN1CCc2cc(OC)c(OC)cc2C1)N(C)Cc1csc(C)n1. The van der Waals surface area contributed by atoms with Crippen LogP contribution in [-0.4, -0.2) is 68.7 Å². The van der Waals surface area contributed by atoms with Crippen LogP contribution in [0.5, 0.6) is 11.5 Å². The summed E-state index contributed by atoms with van der Waals surface area (Å²) < 4.78 is 10.9. The van der Waals surface area contributed by atoms with Crippen molar-refractivity contribution in [2.45, 2.75) is 26.4 Å². The van der Waals surface area contributed by atoms with E-state index < -0.39 is 0 Å². The highest BCUT2D eigenvalue weighted by Gasteiger charge is 2.19. The summed E-state index contributed by atoms with van der Waals surface area (Å²) >= 11 is 1.68. The van der Waals surface area contributed by atoms with E-state index in [1.807, 2.05) is 21.0 Å². The molecule has 0 saturated heterocycles. The van der Waals surface area contributed by atoms with Crippen molar-refractivity contribution in [1.82, 2.24) is 20.1 Å². The average molecular weight is 418 g/mol. The lowest BCUT2D eigenvalue weighted by molar-refractivity contribution is 0.255. The molecule has 1 N–H and O–H groups in total. The molecule has 0 bridgehead atoms. The number of thiazole rings is 1. The number of fused-ring (bicyclic) bond motifs is 1. The normalized spacial score (nSPS) is 14.4. The maximum absolute atomic E-state index is 5.46. The van der Waals surface area contributed by atoms with Gasteiger partial charge in [-0.05, 0) is 36.6 Å². The lowest BCUT2D eigenvalue weighted by Crippen LogP contribution is -2.43. The maximum Gasteiger partial charge on any atom is 0.193 e. The van der Waals surface area contributed by atoms with E-state index in [9.17, 15) is 0 Å². The Kier molecular flexibility index (Phi) is 7.33. The van der Waals surface area contributed by atoms with Gasteiger partial charge in [0.1, 0.15) is 0 Å². The van der Waals surface area contributed by atoms with Crippen LogP contribution in [-0.2, 0) is 19.5 Å². The summed E-state index contributed by atoms with van der Waals surface area (Å²) in [6.07, 6.45) is 1.02.